The summed E-state index contributed by atoms with van der Waals surface area (Å²) in [7, 11) is 3.11. The number of hydrazine groups is 1. The number of rotatable bonds is 5. The zero-order valence-electron chi connectivity index (χ0n) is 16.6. The van der Waals surface area contributed by atoms with Crippen LogP contribution in [0, 0.1) is 0 Å². The third-order valence-corrected chi connectivity index (χ3v) is 4.92. The molecule has 4 rings (SSSR count). The average molecular weight is 403 g/mol. The first-order valence-electron chi connectivity index (χ1n) is 9.39. The first-order valence-corrected chi connectivity index (χ1v) is 9.39. The van der Waals surface area contributed by atoms with Crippen molar-refractivity contribution in [3.05, 3.63) is 89.5 Å². The van der Waals surface area contributed by atoms with Gasteiger partial charge in [0.2, 0.25) is 0 Å². The molecular weight excluding hydrogens is 382 g/mol. The van der Waals surface area contributed by atoms with Gasteiger partial charge in [-0.2, -0.15) is 0 Å². The number of hydrogen-bond donors (Lipinski definition) is 2. The Balaban J connectivity index is 1.76. The molecule has 3 aromatic carbocycles. The quantitative estimate of drug-likeness (QED) is 0.680. The van der Waals surface area contributed by atoms with Crippen LogP contribution in [0.15, 0.2) is 72.8 Å². The van der Waals surface area contributed by atoms with Crippen LogP contribution < -0.4 is 20.2 Å². The molecule has 3 aromatic rings. The van der Waals surface area contributed by atoms with Crippen LogP contribution in [0.1, 0.15) is 32.4 Å². The Kier molecular flexibility index (Phi) is 5.26. The van der Waals surface area contributed by atoms with Crippen LogP contribution in [-0.2, 0) is 0 Å². The summed E-state index contributed by atoms with van der Waals surface area (Å²) in [5, 5.41) is 4.63. The molecule has 30 heavy (non-hydrogen) atoms. The summed E-state index contributed by atoms with van der Waals surface area (Å²) in [4.78, 5) is 26.1. The van der Waals surface area contributed by atoms with Crippen LogP contribution in [0.3, 0.4) is 0 Å². The molecule has 0 spiro atoms. The molecule has 152 valence electrons. The fourth-order valence-electron chi connectivity index (χ4n) is 3.39. The summed E-state index contributed by atoms with van der Waals surface area (Å²) >= 11 is 0. The number of fused-ring (bicyclic) bond motifs is 1. The van der Waals surface area contributed by atoms with Crippen LogP contribution in [0.4, 0.5) is 5.69 Å². The molecular formula is C23H21N3O4. The van der Waals surface area contributed by atoms with Gasteiger partial charge in [0.05, 0.1) is 19.8 Å². The second kappa shape index (κ2) is 8.16. The highest BCUT2D eigenvalue weighted by Crippen LogP contribution is 2.37. The summed E-state index contributed by atoms with van der Waals surface area (Å²) in [6, 6.07) is 21.2. The Morgan fingerprint density at radius 1 is 0.967 bits per heavy atom. The fourth-order valence-corrected chi connectivity index (χ4v) is 3.39. The number of amides is 2. The van der Waals surface area contributed by atoms with E-state index in [9.17, 15) is 9.59 Å². The van der Waals surface area contributed by atoms with Gasteiger partial charge >= 0.3 is 0 Å². The Morgan fingerprint density at radius 2 is 1.70 bits per heavy atom. The maximum Gasteiger partial charge on any atom is 0.276 e. The maximum absolute atomic E-state index is 13.3. The van der Waals surface area contributed by atoms with Gasteiger partial charge in [0.1, 0.15) is 11.5 Å². The lowest BCUT2D eigenvalue weighted by Crippen LogP contribution is -2.52. The van der Waals surface area contributed by atoms with E-state index in [4.69, 9.17) is 9.47 Å². The number of carbonyl (C=O) groups is 2. The Hall–Kier alpha value is -4.00. The second-order valence-electron chi connectivity index (χ2n) is 6.68. The zero-order chi connectivity index (χ0) is 21.1. The van der Waals surface area contributed by atoms with Gasteiger partial charge in [-0.05, 0) is 36.4 Å². The van der Waals surface area contributed by atoms with Crippen LogP contribution in [0.5, 0.6) is 11.5 Å². The van der Waals surface area contributed by atoms with Gasteiger partial charge in [-0.3, -0.25) is 15.0 Å². The molecule has 1 aliphatic heterocycles. The second-order valence-corrected chi connectivity index (χ2v) is 6.68. The van der Waals surface area contributed by atoms with Crippen molar-refractivity contribution in [2.45, 2.75) is 6.17 Å². The Labute approximate surface area is 174 Å². The molecule has 2 N–H and O–H groups in total. The lowest BCUT2D eigenvalue weighted by Gasteiger charge is -2.38. The summed E-state index contributed by atoms with van der Waals surface area (Å²) in [5.41, 5.74) is 5.02. The molecule has 1 aliphatic rings. The largest absolute Gasteiger partial charge is 0.497 e. The van der Waals surface area contributed by atoms with Crippen molar-refractivity contribution in [3.8, 4) is 11.5 Å². The molecule has 2 amide bonds. The number of para-hydroxylation sites is 1. The van der Waals surface area contributed by atoms with Gasteiger partial charge in [-0.1, -0.05) is 30.3 Å². The van der Waals surface area contributed by atoms with E-state index in [1.165, 1.54) is 5.01 Å². The number of hydrogen-bond acceptors (Lipinski definition) is 5. The zero-order valence-corrected chi connectivity index (χ0v) is 16.6. The third-order valence-electron chi connectivity index (χ3n) is 4.92. The first-order chi connectivity index (χ1) is 14.6. The summed E-state index contributed by atoms with van der Waals surface area (Å²) < 4.78 is 10.8. The van der Waals surface area contributed by atoms with Crippen LogP contribution >= 0.6 is 0 Å². The molecule has 0 saturated carbocycles. The molecule has 1 atom stereocenters. The Morgan fingerprint density at radius 3 is 2.43 bits per heavy atom. The van der Waals surface area contributed by atoms with E-state index in [1.54, 1.807) is 68.8 Å². The summed E-state index contributed by atoms with van der Waals surface area (Å²) in [5.74, 6) is 0.440. The number of anilines is 1. The topological polar surface area (TPSA) is 79.9 Å². The number of carbonyl (C=O) groups excluding carboxylic acids is 2. The smallest absolute Gasteiger partial charge is 0.276 e. The van der Waals surface area contributed by atoms with Gasteiger partial charge in [-0.15, -0.1) is 0 Å². The van der Waals surface area contributed by atoms with Gasteiger partial charge in [0, 0.05) is 22.9 Å². The van der Waals surface area contributed by atoms with Crippen LogP contribution in [0.2, 0.25) is 0 Å². The molecule has 7 nitrogen and oxygen atoms in total. The predicted octanol–water partition coefficient (Wildman–Crippen LogP) is 3.62. The lowest BCUT2D eigenvalue weighted by molar-refractivity contribution is 0.0488. The molecule has 0 aliphatic carbocycles. The van der Waals surface area contributed by atoms with Crippen molar-refractivity contribution in [3.63, 3.8) is 0 Å². The summed E-state index contributed by atoms with van der Waals surface area (Å²) in [6.45, 7) is 0. The number of benzene rings is 3. The average Bonchev–Trinajstić information content (AvgIpc) is 2.80. The maximum atomic E-state index is 13.3. The van der Waals surface area contributed by atoms with E-state index in [0.717, 1.165) is 0 Å². The molecule has 1 heterocycles. The molecule has 0 radical (unpaired) electrons. The first kappa shape index (κ1) is 19.3. The highest BCUT2D eigenvalue weighted by Gasteiger charge is 2.36. The SMILES string of the molecule is COc1ccc(C2Nc3ccccc3C(=O)N2NC(=O)c2ccccc2)c(OC)c1. The third kappa shape index (κ3) is 3.53. The molecule has 1 unspecified atom stereocenters. The van der Waals surface area contributed by atoms with Crippen molar-refractivity contribution < 1.29 is 19.1 Å². The molecule has 0 aromatic heterocycles. The standard InChI is InChI=1S/C23H21N3O4/c1-29-16-12-13-18(20(14-16)30-2)21-24-19-11-7-6-10-17(19)23(28)26(21)25-22(27)15-8-4-3-5-9-15/h3-14,21,24H,1-2H3,(H,25,27). The normalized spacial score (nSPS) is 15.1. The van der Waals surface area contributed by atoms with Crippen molar-refractivity contribution in [2.24, 2.45) is 0 Å². The monoisotopic (exact) mass is 403 g/mol. The van der Waals surface area contributed by atoms with E-state index >= 15 is 0 Å². The molecule has 7 heteroatoms. The lowest BCUT2D eigenvalue weighted by atomic mass is 10.0. The molecule has 0 saturated heterocycles. The minimum absolute atomic E-state index is 0.323. The van der Waals surface area contributed by atoms with Gasteiger partial charge in [0.15, 0.2) is 6.17 Å². The number of methoxy groups -OCH3 is 2. The number of nitrogens with zero attached hydrogens (tertiary/aromatic N) is 1. The van der Waals surface area contributed by atoms with Gasteiger partial charge in [-0.25, -0.2) is 5.01 Å². The van der Waals surface area contributed by atoms with E-state index in [1.807, 2.05) is 18.2 Å². The fraction of sp³-hybridized carbons (Fsp3) is 0.130. The van der Waals surface area contributed by atoms with E-state index in [0.29, 0.717) is 33.9 Å². The Bertz CT molecular complexity index is 1080. The van der Waals surface area contributed by atoms with Crippen LogP contribution in [0.25, 0.3) is 0 Å². The molecule has 0 bridgehead atoms. The predicted molar refractivity (Wildman–Crippen MR) is 112 cm³/mol. The van der Waals surface area contributed by atoms with Crippen molar-refractivity contribution in [1.29, 1.82) is 0 Å². The van der Waals surface area contributed by atoms with Crippen molar-refractivity contribution >= 4 is 17.5 Å². The van der Waals surface area contributed by atoms with Gasteiger partial charge < -0.3 is 14.8 Å². The van der Waals surface area contributed by atoms with Gasteiger partial charge in [0.25, 0.3) is 11.8 Å². The highest BCUT2D eigenvalue weighted by molar-refractivity contribution is 6.04. The van der Waals surface area contributed by atoms with Crippen molar-refractivity contribution in [1.82, 2.24) is 10.4 Å². The molecule has 0 fully saturated rings. The number of nitrogens with one attached hydrogen (secondary N) is 2. The van der Waals surface area contributed by atoms with E-state index < -0.39 is 6.17 Å². The highest BCUT2D eigenvalue weighted by atomic mass is 16.5. The minimum Gasteiger partial charge on any atom is -0.497 e. The van der Waals surface area contributed by atoms with Crippen LogP contribution in [-0.4, -0.2) is 31.0 Å². The van der Waals surface area contributed by atoms with Crippen molar-refractivity contribution in [2.75, 3.05) is 19.5 Å². The summed E-state index contributed by atoms with van der Waals surface area (Å²) in [6.07, 6.45) is -0.680. The number of ether oxygens (including phenoxy) is 2. The minimum atomic E-state index is -0.680. The van der Waals surface area contributed by atoms with E-state index in [2.05, 4.69) is 10.7 Å². The van der Waals surface area contributed by atoms with E-state index in [-0.39, 0.29) is 11.8 Å².